The molecule has 0 aliphatic heterocycles. The lowest BCUT2D eigenvalue weighted by Gasteiger charge is -2.10. The van der Waals surface area contributed by atoms with E-state index in [4.69, 9.17) is 10.5 Å². The number of aromatic nitrogens is 3. The molecule has 0 aromatic carbocycles. The standard InChI is InChI=1S/C13H16N4O/c1-3-10-12(5-4-9(2)17-10)18-13-11(8-14)15-6-7-16-13/h4-7H,3,8,14H2,1-2H3. The van der Waals surface area contributed by atoms with Crippen molar-refractivity contribution in [2.45, 2.75) is 26.8 Å². The average molecular weight is 244 g/mol. The van der Waals surface area contributed by atoms with Crippen LogP contribution in [0, 0.1) is 6.92 Å². The minimum Gasteiger partial charge on any atom is -0.435 e. The highest BCUT2D eigenvalue weighted by Gasteiger charge is 2.10. The van der Waals surface area contributed by atoms with Gasteiger partial charge in [-0.2, -0.15) is 0 Å². The number of aryl methyl sites for hydroxylation is 2. The molecule has 0 fully saturated rings. The van der Waals surface area contributed by atoms with Gasteiger partial charge in [-0.3, -0.25) is 9.97 Å². The predicted molar refractivity (Wildman–Crippen MR) is 68.3 cm³/mol. The molecule has 0 saturated heterocycles. The summed E-state index contributed by atoms with van der Waals surface area (Å²) < 4.78 is 5.76. The van der Waals surface area contributed by atoms with Crippen LogP contribution in [-0.2, 0) is 13.0 Å². The van der Waals surface area contributed by atoms with E-state index in [1.54, 1.807) is 12.4 Å². The van der Waals surface area contributed by atoms with E-state index in [1.165, 1.54) is 0 Å². The maximum atomic E-state index is 5.76. The van der Waals surface area contributed by atoms with Crippen LogP contribution in [0.5, 0.6) is 11.6 Å². The van der Waals surface area contributed by atoms with Gasteiger partial charge in [0.05, 0.1) is 5.69 Å². The van der Waals surface area contributed by atoms with Crippen molar-refractivity contribution < 1.29 is 4.74 Å². The fourth-order valence-electron chi connectivity index (χ4n) is 1.63. The van der Waals surface area contributed by atoms with Gasteiger partial charge in [-0.05, 0) is 25.5 Å². The highest BCUT2D eigenvalue weighted by molar-refractivity contribution is 5.33. The number of ether oxygens (including phenoxy) is 1. The summed E-state index contributed by atoms with van der Waals surface area (Å²) in [5, 5.41) is 0. The lowest BCUT2D eigenvalue weighted by Crippen LogP contribution is -2.05. The van der Waals surface area contributed by atoms with Gasteiger partial charge < -0.3 is 10.5 Å². The first-order valence-corrected chi connectivity index (χ1v) is 5.89. The SMILES string of the molecule is CCc1nc(C)ccc1Oc1nccnc1CN. The summed E-state index contributed by atoms with van der Waals surface area (Å²) in [5.74, 6) is 1.15. The summed E-state index contributed by atoms with van der Waals surface area (Å²) in [6.07, 6.45) is 3.99. The van der Waals surface area contributed by atoms with Gasteiger partial charge in [-0.15, -0.1) is 0 Å². The quantitative estimate of drug-likeness (QED) is 0.890. The third kappa shape index (κ3) is 2.62. The van der Waals surface area contributed by atoms with E-state index < -0.39 is 0 Å². The van der Waals surface area contributed by atoms with Crippen molar-refractivity contribution >= 4 is 0 Å². The Morgan fingerprint density at radius 3 is 2.67 bits per heavy atom. The Hall–Kier alpha value is -2.01. The Labute approximate surface area is 106 Å². The Kier molecular flexibility index (Phi) is 3.84. The van der Waals surface area contributed by atoms with Crippen LogP contribution in [0.1, 0.15) is 24.0 Å². The maximum absolute atomic E-state index is 5.76. The van der Waals surface area contributed by atoms with Gasteiger partial charge in [0.2, 0.25) is 5.88 Å². The first-order valence-electron chi connectivity index (χ1n) is 5.89. The van der Waals surface area contributed by atoms with E-state index in [2.05, 4.69) is 15.0 Å². The van der Waals surface area contributed by atoms with E-state index in [0.717, 1.165) is 17.8 Å². The molecule has 0 spiro atoms. The molecular formula is C13H16N4O. The lowest BCUT2D eigenvalue weighted by atomic mass is 10.2. The van der Waals surface area contributed by atoms with Crippen molar-refractivity contribution in [1.82, 2.24) is 15.0 Å². The summed E-state index contributed by atoms with van der Waals surface area (Å²) in [7, 11) is 0. The normalized spacial score (nSPS) is 10.4. The monoisotopic (exact) mass is 244 g/mol. The Balaban J connectivity index is 2.33. The first-order chi connectivity index (χ1) is 8.74. The van der Waals surface area contributed by atoms with Crippen molar-refractivity contribution in [1.29, 1.82) is 0 Å². The number of hydrogen-bond donors (Lipinski definition) is 1. The van der Waals surface area contributed by atoms with Crippen molar-refractivity contribution in [3.8, 4) is 11.6 Å². The summed E-state index contributed by atoms with van der Waals surface area (Å²) in [6, 6.07) is 3.81. The van der Waals surface area contributed by atoms with Gasteiger partial charge in [-0.1, -0.05) is 6.92 Å². The van der Waals surface area contributed by atoms with E-state index in [-0.39, 0.29) is 0 Å². The zero-order valence-corrected chi connectivity index (χ0v) is 10.6. The molecule has 5 nitrogen and oxygen atoms in total. The number of pyridine rings is 1. The average Bonchev–Trinajstić information content (AvgIpc) is 2.41. The molecular weight excluding hydrogens is 228 g/mol. The smallest absolute Gasteiger partial charge is 0.242 e. The van der Waals surface area contributed by atoms with Crippen LogP contribution in [0.2, 0.25) is 0 Å². The van der Waals surface area contributed by atoms with E-state index in [1.807, 2.05) is 26.0 Å². The van der Waals surface area contributed by atoms with Crippen molar-refractivity contribution in [2.75, 3.05) is 0 Å². The molecule has 18 heavy (non-hydrogen) atoms. The largest absolute Gasteiger partial charge is 0.435 e. The minimum atomic E-state index is 0.296. The van der Waals surface area contributed by atoms with Gasteiger partial charge in [0.25, 0.3) is 0 Å². The Morgan fingerprint density at radius 1 is 1.17 bits per heavy atom. The van der Waals surface area contributed by atoms with Crippen molar-refractivity contribution in [3.05, 3.63) is 41.6 Å². The van der Waals surface area contributed by atoms with Gasteiger partial charge in [-0.25, -0.2) is 4.98 Å². The molecule has 0 radical (unpaired) electrons. The molecule has 0 unspecified atom stereocenters. The van der Waals surface area contributed by atoms with Gasteiger partial charge >= 0.3 is 0 Å². The van der Waals surface area contributed by atoms with Crippen molar-refractivity contribution in [2.24, 2.45) is 5.73 Å². The Bertz CT molecular complexity index is 542. The van der Waals surface area contributed by atoms with Gasteiger partial charge in [0.15, 0.2) is 5.75 Å². The molecule has 0 amide bonds. The molecule has 2 aromatic heterocycles. The highest BCUT2D eigenvalue weighted by Crippen LogP contribution is 2.24. The molecule has 2 heterocycles. The summed E-state index contributed by atoms with van der Waals surface area (Å²) in [5.41, 5.74) is 8.12. The molecule has 2 N–H and O–H groups in total. The lowest BCUT2D eigenvalue weighted by molar-refractivity contribution is 0.444. The topological polar surface area (TPSA) is 73.9 Å². The van der Waals surface area contributed by atoms with Crippen LogP contribution in [0.15, 0.2) is 24.5 Å². The van der Waals surface area contributed by atoms with Crippen LogP contribution < -0.4 is 10.5 Å². The first kappa shape index (κ1) is 12.4. The number of nitrogens with two attached hydrogens (primary N) is 1. The third-order valence-corrected chi connectivity index (χ3v) is 2.54. The van der Waals surface area contributed by atoms with E-state index in [9.17, 15) is 0 Å². The van der Waals surface area contributed by atoms with Gasteiger partial charge in [0.1, 0.15) is 5.69 Å². The van der Waals surface area contributed by atoms with Crippen LogP contribution in [0.3, 0.4) is 0 Å². The molecule has 0 aliphatic rings. The Morgan fingerprint density at radius 2 is 1.94 bits per heavy atom. The number of nitrogens with zero attached hydrogens (tertiary/aromatic N) is 3. The molecule has 0 atom stereocenters. The molecule has 5 heteroatoms. The second-order valence-corrected chi connectivity index (χ2v) is 3.87. The number of hydrogen-bond acceptors (Lipinski definition) is 5. The molecule has 2 rings (SSSR count). The van der Waals surface area contributed by atoms with E-state index >= 15 is 0 Å². The van der Waals surface area contributed by atoms with Crippen LogP contribution >= 0.6 is 0 Å². The number of rotatable bonds is 4. The van der Waals surface area contributed by atoms with Crippen LogP contribution in [0.25, 0.3) is 0 Å². The van der Waals surface area contributed by atoms with Crippen LogP contribution in [-0.4, -0.2) is 15.0 Å². The fourth-order valence-corrected chi connectivity index (χ4v) is 1.63. The minimum absolute atomic E-state index is 0.296. The summed E-state index contributed by atoms with van der Waals surface area (Å²) >= 11 is 0. The molecule has 0 bridgehead atoms. The second kappa shape index (κ2) is 5.55. The molecule has 0 aliphatic carbocycles. The fraction of sp³-hybridized carbons (Fsp3) is 0.308. The maximum Gasteiger partial charge on any atom is 0.242 e. The second-order valence-electron chi connectivity index (χ2n) is 3.87. The summed E-state index contributed by atoms with van der Waals surface area (Å²) in [4.78, 5) is 12.7. The highest BCUT2D eigenvalue weighted by atomic mass is 16.5. The van der Waals surface area contributed by atoms with Crippen LogP contribution in [0.4, 0.5) is 0 Å². The molecule has 2 aromatic rings. The molecule has 0 saturated carbocycles. The summed E-state index contributed by atoms with van der Waals surface area (Å²) in [6.45, 7) is 4.29. The zero-order valence-electron chi connectivity index (χ0n) is 10.6. The molecule has 94 valence electrons. The van der Waals surface area contributed by atoms with E-state index in [0.29, 0.717) is 23.9 Å². The third-order valence-electron chi connectivity index (χ3n) is 2.54. The van der Waals surface area contributed by atoms with Gasteiger partial charge in [0, 0.05) is 24.6 Å². The zero-order chi connectivity index (χ0) is 13.0. The predicted octanol–water partition coefficient (Wildman–Crippen LogP) is 1.99. The van der Waals surface area contributed by atoms with Crippen molar-refractivity contribution in [3.63, 3.8) is 0 Å².